The van der Waals surface area contributed by atoms with Gasteiger partial charge in [-0.05, 0) is 22.3 Å². The lowest BCUT2D eigenvalue weighted by molar-refractivity contribution is -0.122. The van der Waals surface area contributed by atoms with Gasteiger partial charge in [0.05, 0.1) is 6.54 Å². The maximum atomic E-state index is 11.7. The zero-order valence-electron chi connectivity index (χ0n) is 11.6. The van der Waals surface area contributed by atoms with Crippen LogP contribution in [0.25, 0.3) is 11.1 Å². The van der Waals surface area contributed by atoms with E-state index in [2.05, 4.69) is 58.7 Å². The minimum absolute atomic E-state index is 0.0573. The van der Waals surface area contributed by atoms with Crippen LogP contribution in [0.4, 0.5) is 0 Å². The molecule has 1 amide bonds. The van der Waals surface area contributed by atoms with Gasteiger partial charge in [-0.15, -0.1) is 0 Å². The zero-order valence-corrected chi connectivity index (χ0v) is 11.6. The van der Waals surface area contributed by atoms with E-state index in [0.717, 1.165) is 13.1 Å². The number of fused-ring (bicyclic) bond motifs is 3. The molecule has 0 saturated carbocycles. The number of hydrogen-bond donors (Lipinski definition) is 1. The summed E-state index contributed by atoms with van der Waals surface area (Å²) in [6, 6.07) is 16.9. The van der Waals surface area contributed by atoms with Crippen molar-refractivity contribution in [3.8, 4) is 11.1 Å². The molecule has 3 heteroatoms. The highest BCUT2D eigenvalue weighted by molar-refractivity contribution is 5.78. The number of hydrogen-bond acceptors (Lipinski definition) is 2. The van der Waals surface area contributed by atoms with Crippen LogP contribution in [0.5, 0.6) is 0 Å². The number of nitrogens with zero attached hydrogens (tertiary/aromatic N) is 1. The first kappa shape index (κ1) is 12.9. The lowest BCUT2D eigenvalue weighted by atomic mass is 9.97. The van der Waals surface area contributed by atoms with Crippen LogP contribution >= 0.6 is 0 Å². The van der Waals surface area contributed by atoms with E-state index in [4.69, 9.17) is 0 Å². The van der Waals surface area contributed by atoms with Crippen LogP contribution in [0.15, 0.2) is 48.5 Å². The van der Waals surface area contributed by atoms with Gasteiger partial charge in [-0.2, -0.15) is 0 Å². The van der Waals surface area contributed by atoms with Crippen molar-refractivity contribution in [1.82, 2.24) is 10.2 Å². The molecule has 1 heterocycles. The number of carbonyl (C=O) groups excluding carboxylic acids is 1. The first-order valence-electron chi connectivity index (χ1n) is 6.87. The summed E-state index contributed by atoms with van der Waals surface area (Å²) < 4.78 is 0. The maximum absolute atomic E-state index is 11.7. The summed E-state index contributed by atoms with van der Waals surface area (Å²) in [5.74, 6) is 0.0573. The van der Waals surface area contributed by atoms with Crippen molar-refractivity contribution in [1.29, 1.82) is 0 Å². The second-order valence-corrected chi connectivity index (χ2v) is 5.13. The molecule has 0 radical (unpaired) electrons. The Morgan fingerprint density at radius 3 is 2.00 bits per heavy atom. The fourth-order valence-corrected chi connectivity index (χ4v) is 2.77. The fourth-order valence-electron chi connectivity index (χ4n) is 2.77. The number of rotatable bonds is 2. The van der Waals surface area contributed by atoms with Gasteiger partial charge in [0.1, 0.15) is 0 Å². The minimum atomic E-state index is 0.0573. The highest BCUT2D eigenvalue weighted by Crippen LogP contribution is 2.32. The van der Waals surface area contributed by atoms with E-state index in [1.165, 1.54) is 22.3 Å². The van der Waals surface area contributed by atoms with Crippen LogP contribution in [-0.2, 0) is 17.9 Å². The van der Waals surface area contributed by atoms with Crippen molar-refractivity contribution < 1.29 is 4.79 Å². The third-order valence-corrected chi connectivity index (χ3v) is 3.76. The molecule has 0 atom stereocenters. The van der Waals surface area contributed by atoms with E-state index in [-0.39, 0.29) is 5.91 Å². The average molecular weight is 266 g/mol. The van der Waals surface area contributed by atoms with E-state index in [9.17, 15) is 4.79 Å². The van der Waals surface area contributed by atoms with Gasteiger partial charge in [-0.25, -0.2) is 0 Å². The van der Waals surface area contributed by atoms with Crippen LogP contribution in [0.2, 0.25) is 0 Å². The van der Waals surface area contributed by atoms with Gasteiger partial charge < -0.3 is 5.32 Å². The van der Waals surface area contributed by atoms with Gasteiger partial charge in [0.25, 0.3) is 0 Å². The lowest BCUT2D eigenvalue weighted by Crippen LogP contribution is -2.34. The third-order valence-electron chi connectivity index (χ3n) is 3.76. The Kier molecular flexibility index (Phi) is 3.52. The second kappa shape index (κ2) is 5.47. The van der Waals surface area contributed by atoms with Gasteiger partial charge in [0, 0.05) is 20.1 Å². The molecule has 1 aliphatic rings. The number of carbonyl (C=O) groups is 1. The smallest absolute Gasteiger partial charge is 0.233 e. The predicted octanol–water partition coefficient (Wildman–Crippen LogP) is 2.42. The second-order valence-electron chi connectivity index (χ2n) is 5.13. The van der Waals surface area contributed by atoms with Crippen LogP contribution in [0.3, 0.4) is 0 Å². The molecule has 3 rings (SSSR count). The molecule has 0 aliphatic carbocycles. The normalized spacial score (nSPS) is 14.1. The molecule has 1 aliphatic heterocycles. The molecule has 0 bridgehead atoms. The van der Waals surface area contributed by atoms with Crippen LogP contribution in [0, 0.1) is 0 Å². The molecule has 0 spiro atoms. The summed E-state index contributed by atoms with van der Waals surface area (Å²) >= 11 is 0. The zero-order chi connectivity index (χ0) is 13.9. The number of amides is 1. The van der Waals surface area contributed by atoms with E-state index in [1.54, 1.807) is 7.05 Å². The molecular weight excluding hydrogens is 248 g/mol. The summed E-state index contributed by atoms with van der Waals surface area (Å²) in [7, 11) is 1.68. The molecule has 1 N–H and O–H groups in total. The molecule has 2 aromatic rings. The molecule has 0 unspecified atom stereocenters. The predicted molar refractivity (Wildman–Crippen MR) is 80.1 cm³/mol. The number of likely N-dealkylation sites (N-methyl/N-ethyl adjacent to an activating group) is 1. The monoisotopic (exact) mass is 266 g/mol. The summed E-state index contributed by atoms with van der Waals surface area (Å²) in [6.45, 7) is 2.04. The molecule has 0 saturated heterocycles. The number of nitrogens with one attached hydrogen (secondary N) is 1. The van der Waals surface area contributed by atoms with Crippen LogP contribution in [0.1, 0.15) is 11.1 Å². The Morgan fingerprint density at radius 1 is 1.00 bits per heavy atom. The van der Waals surface area contributed by atoms with Gasteiger partial charge >= 0.3 is 0 Å². The van der Waals surface area contributed by atoms with Gasteiger partial charge in [-0.3, -0.25) is 9.69 Å². The number of benzene rings is 2. The van der Waals surface area contributed by atoms with Crippen molar-refractivity contribution >= 4 is 5.91 Å². The highest BCUT2D eigenvalue weighted by atomic mass is 16.1. The maximum Gasteiger partial charge on any atom is 0.233 e. The quantitative estimate of drug-likeness (QED) is 0.905. The van der Waals surface area contributed by atoms with E-state index >= 15 is 0 Å². The first-order chi connectivity index (χ1) is 9.78. The molecule has 20 heavy (non-hydrogen) atoms. The molecule has 0 fully saturated rings. The SMILES string of the molecule is CNC(=O)CN1Cc2ccccc2-c2ccccc2C1. The Balaban J connectivity index is 2.03. The van der Waals surface area contributed by atoms with Crippen molar-refractivity contribution in [3.05, 3.63) is 59.7 Å². The Hall–Kier alpha value is -2.13. The van der Waals surface area contributed by atoms with E-state index in [1.807, 2.05) is 0 Å². The summed E-state index contributed by atoms with van der Waals surface area (Å²) in [5.41, 5.74) is 5.12. The standard InChI is InChI=1S/C17H18N2O/c1-18-17(20)12-19-10-13-6-2-4-8-15(13)16-9-5-3-7-14(16)11-19/h2-9H,10-12H2,1H3,(H,18,20). The van der Waals surface area contributed by atoms with E-state index in [0.29, 0.717) is 6.54 Å². The first-order valence-corrected chi connectivity index (χ1v) is 6.87. The van der Waals surface area contributed by atoms with Gasteiger partial charge in [0.15, 0.2) is 0 Å². The minimum Gasteiger partial charge on any atom is -0.358 e. The Morgan fingerprint density at radius 2 is 1.50 bits per heavy atom. The molecule has 0 aromatic heterocycles. The van der Waals surface area contributed by atoms with Gasteiger partial charge in [0.2, 0.25) is 5.91 Å². The van der Waals surface area contributed by atoms with Crippen molar-refractivity contribution in [3.63, 3.8) is 0 Å². The Bertz CT molecular complexity index is 589. The van der Waals surface area contributed by atoms with Crippen LogP contribution < -0.4 is 5.32 Å². The van der Waals surface area contributed by atoms with Crippen molar-refractivity contribution in [2.75, 3.05) is 13.6 Å². The fraction of sp³-hybridized carbons (Fsp3) is 0.235. The Labute approximate surface area is 119 Å². The molecule has 3 nitrogen and oxygen atoms in total. The molecular formula is C17H18N2O. The summed E-state index contributed by atoms with van der Waals surface area (Å²) in [5, 5.41) is 2.70. The highest BCUT2D eigenvalue weighted by Gasteiger charge is 2.19. The third kappa shape index (κ3) is 2.45. The molecule has 2 aromatic carbocycles. The summed E-state index contributed by atoms with van der Waals surface area (Å²) in [4.78, 5) is 13.8. The van der Waals surface area contributed by atoms with Crippen molar-refractivity contribution in [2.45, 2.75) is 13.1 Å². The largest absolute Gasteiger partial charge is 0.358 e. The van der Waals surface area contributed by atoms with E-state index < -0.39 is 0 Å². The average Bonchev–Trinajstić information content (AvgIpc) is 2.63. The van der Waals surface area contributed by atoms with Crippen molar-refractivity contribution in [2.24, 2.45) is 0 Å². The molecule has 102 valence electrons. The lowest BCUT2D eigenvalue weighted by Gasteiger charge is -2.19. The summed E-state index contributed by atoms with van der Waals surface area (Å²) in [6.07, 6.45) is 0. The van der Waals surface area contributed by atoms with Gasteiger partial charge in [-0.1, -0.05) is 48.5 Å². The van der Waals surface area contributed by atoms with Crippen LogP contribution in [-0.4, -0.2) is 24.4 Å². The topological polar surface area (TPSA) is 32.3 Å².